The van der Waals surface area contributed by atoms with Crippen LogP contribution >= 0.6 is 0 Å². The number of carbonyl (C=O) groups excluding carboxylic acids is 2. The molecule has 0 unspecified atom stereocenters. The van der Waals surface area contributed by atoms with E-state index in [2.05, 4.69) is 0 Å². The van der Waals surface area contributed by atoms with E-state index in [0.717, 1.165) is 12.8 Å². The minimum Gasteiger partial charge on any atom is -0.854 e. The van der Waals surface area contributed by atoms with Gasteiger partial charge in [0.1, 0.15) is 5.78 Å². The molecule has 0 spiro atoms. The van der Waals surface area contributed by atoms with E-state index in [-0.39, 0.29) is 38.6 Å². The number of ketones is 1. The van der Waals surface area contributed by atoms with E-state index in [9.17, 15) is 19.8 Å². The minimum atomic E-state index is -1.27. The Kier molecular flexibility index (Phi) is 18.2. The number of hydrogen-bond donors (Lipinski definition) is 0. The average molecular weight is 350 g/mol. The first kappa shape index (κ1) is 24.0. The number of carboxylic acid groups (broad SMARTS) is 1. The molecule has 0 aromatic heterocycles. The molecule has 0 rings (SSSR count). The monoisotopic (exact) mass is 348 g/mol. The molecule has 0 aromatic rings. The smallest absolute Gasteiger partial charge is 0.854 e. The molecule has 0 N–H and O–H groups in total. The van der Waals surface area contributed by atoms with Crippen LogP contribution < -0.4 is 10.2 Å². The summed E-state index contributed by atoms with van der Waals surface area (Å²) < 4.78 is 0. The van der Waals surface area contributed by atoms with Crippen LogP contribution in [0.3, 0.4) is 0 Å². The van der Waals surface area contributed by atoms with Gasteiger partial charge in [0.2, 0.25) is 0 Å². The maximum atomic E-state index is 11.5. The number of aliphatic carboxylic acids is 1. The van der Waals surface area contributed by atoms with Crippen LogP contribution in [0.15, 0.2) is 0 Å². The van der Waals surface area contributed by atoms with Crippen LogP contribution in [0.5, 0.6) is 0 Å². The molecule has 0 fully saturated rings. The first-order valence-electron chi connectivity index (χ1n) is 6.75. The molecular formula is C14H26O4Zr. The third kappa shape index (κ3) is 10.4. The third-order valence-electron chi connectivity index (χ3n) is 3.42. The zero-order chi connectivity index (χ0) is 14.6. The Labute approximate surface area is 136 Å². The molecule has 0 aliphatic rings. The van der Waals surface area contributed by atoms with Gasteiger partial charge >= 0.3 is 26.2 Å². The van der Waals surface area contributed by atoms with Crippen molar-refractivity contribution >= 4 is 11.8 Å². The van der Waals surface area contributed by atoms with Crippen LogP contribution in [0.2, 0.25) is 0 Å². The van der Waals surface area contributed by atoms with Crippen molar-refractivity contribution in [3.63, 3.8) is 0 Å². The van der Waals surface area contributed by atoms with Crippen molar-refractivity contribution in [3.05, 3.63) is 0 Å². The van der Waals surface area contributed by atoms with Gasteiger partial charge in [-0.25, -0.2) is 0 Å². The molecule has 0 amide bonds. The molecule has 19 heavy (non-hydrogen) atoms. The summed E-state index contributed by atoms with van der Waals surface area (Å²) in [5.74, 6) is -1.47. The molecule has 0 aromatic carbocycles. The minimum absolute atomic E-state index is 0. The molecule has 0 aliphatic heterocycles. The molecule has 0 saturated heterocycles. The first-order valence-corrected chi connectivity index (χ1v) is 6.75. The Balaban J connectivity index is -0.000000366. The molecule has 110 valence electrons. The number of unbranched alkanes of at least 4 members (excludes halogenated alkanes) is 1. The summed E-state index contributed by atoms with van der Waals surface area (Å²) in [6.07, 6.45) is 3.52. The van der Waals surface area contributed by atoms with E-state index in [0.29, 0.717) is 19.3 Å². The van der Waals surface area contributed by atoms with Crippen molar-refractivity contribution in [1.29, 1.82) is 0 Å². The van der Waals surface area contributed by atoms with Crippen LogP contribution in [-0.2, 0) is 35.8 Å². The van der Waals surface area contributed by atoms with E-state index in [1.54, 1.807) is 0 Å². The summed E-state index contributed by atoms with van der Waals surface area (Å²) in [6, 6.07) is 0. The standard InChI is InChI=1S/C10H18O3.C4H9O.Zr/c1-4-10(5-2,6-3)8(11)7-9(12)13;1-2-3-4-5;/h4-7H2,1-3H3,(H,12,13);2-4H2,1H3;/q;-1;+2/p-1. The Morgan fingerprint density at radius 3 is 1.58 bits per heavy atom. The Bertz CT molecular complexity index is 227. The molecule has 0 aliphatic carbocycles. The Morgan fingerprint density at radius 2 is 1.42 bits per heavy atom. The van der Waals surface area contributed by atoms with Crippen LogP contribution in [-0.4, -0.2) is 18.4 Å². The summed E-state index contributed by atoms with van der Waals surface area (Å²) in [5.41, 5.74) is -0.444. The van der Waals surface area contributed by atoms with Gasteiger partial charge in [-0.05, 0) is 19.3 Å². The molecular weight excluding hydrogens is 323 g/mol. The van der Waals surface area contributed by atoms with Crippen LogP contribution in [0.4, 0.5) is 0 Å². The second-order valence-electron chi connectivity index (χ2n) is 4.37. The van der Waals surface area contributed by atoms with Gasteiger partial charge in [0.15, 0.2) is 0 Å². The van der Waals surface area contributed by atoms with Crippen molar-refractivity contribution in [2.24, 2.45) is 5.41 Å². The van der Waals surface area contributed by atoms with Crippen LogP contribution in [0.25, 0.3) is 0 Å². The summed E-state index contributed by atoms with van der Waals surface area (Å²) in [5, 5.41) is 19.8. The van der Waals surface area contributed by atoms with Gasteiger partial charge in [-0.1, -0.05) is 40.5 Å². The maximum absolute atomic E-state index is 11.5. The second kappa shape index (κ2) is 14.4. The summed E-state index contributed by atoms with van der Waals surface area (Å²) >= 11 is 0. The zero-order valence-electron chi connectivity index (χ0n) is 12.6. The molecule has 0 radical (unpaired) electrons. The molecule has 5 heteroatoms. The number of rotatable bonds is 8. The summed E-state index contributed by atoms with van der Waals surface area (Å²) in [6.45, 7) is 7.86. The second-order valence-corrected chi connectivity index (χ2v) is 4.37. The fraction of sp³-hybridized carbons (Fsp3) is 0.857. The quantitative estimate of drug-likeness (QED) is 0.614. The first-order chi connectivity index (χ1) is 8.43. The largest absolute Gasteiger partial charge is 2.00 e. The normalized spacial score (nSPS) is 9.95. The predicted molar refractivity (Wildman–Crippen MR) is 67.7 cm³/mol. The Morgan fingerprint density at radius 1 is 1.00 bits per heavy atom. The molecule has 0 saturated carbocycles. The van der Waals surface area contributed by atoms with Gasteiger partial charge in [-0.3, -0.25) is 4.79 Å². The summed E-state index contributed by atoms with van der Waals surface area (Å²) in [4.78, 5) is 21.8. The maximum Gasteiger partial charge on any atom is 2.00 e. The average Bonchev–Trinajstić information content (AvgIpc) is 2.33. The third-order valence-corrected chi connectivity index (χ3v) is 3.42. The number of Topliss-reactive ketones (excluding diaryl/α,β-unsaturated/α-hetero) is 1. The zero-order valence-corrected chi connectivity index (χ0v) is 15.0. The predicted octanol–water partition coefficient (Wildman–Crippen LogP) is 1.06. The topological polar surface area (TPSA) is 80.3 Å². The van der Waals surface area contributed by atoms with Gasteiger partial charge in [-0.15, -0.1) is 6.61 Å². The molecule has 0 atom stereocenters. The van der Waals surface area contributed by atoms with Crippen LogP contribution in [0.1, 0.15) is 66.2 Å². The fourth-order valence-electron chi connectivity index (χ4n) is 1.80. The van der Waals surface area contributed by atoms with Crippen molar-refractivity contribution in [3.8, 4) is 0 Å². The van der Waals surface area contributed by atoms with Gasteiger partial charge < -0.3 is 15.0 Å². The Hall–Kier alpha value is -0.0169. The van der Waals surface area contributed by atoms with Gasteiger partial charge in [0.05, 0.1) is 0 Å². The van der Waals surface area contributed by atoms with E-state index in [1.807, 2.05) is 27.7 Å². The van der Waals surface area contributed by atoms with Crippen LogP contribution in [0, 0.1) is 5.41 Å². The van der Waals surface area contributed by atoms with Crippen molar-refractivity contribution in [2.75, 3.05) is 6.61 Å². The van der Waals surface area contributed by atoms with Crippen molar-refractivity contribution in [2.45, 2.75) is 66.2 Å². The van der Waals surface area contributed by atoms with Gasteiger partial charge in [0.25, 0.3) is 0 Å². The van der Waals surface area contributed by atoms with E-state index in [1.165, 1.54) is 0 Å². The van der Waals surface area contributed by atoms with Gasteiger partial charge in [0, 0.05) is 17.8 Å². The summed E-state index contributed by atoms with van der Waals surface area (Å²) in [7, 11) is 0. The van der Waals surface area contributed by atoms with E-state index in [4.69, 9.17) is 0 Å². The number of carbonyl (C=O) groups is 2. The number of hydrogen-bond acceptors (Lipinski definition) is 4. The van der Waals surface area contributed by atoms with Crippen molar-refractivity contribution < 1.29 is 46.0 Å². The molecule has 0 bridgehead atoms. The SMILES string of the molecule is CCC(CC)(CC)C(=O)CC(=O)[O-].CCCC[O-].[Zr+2]. The van der Waals surface area contributed by atoms with Crippen molar-refractivity contribution in [1.82, 2.24) is 0 Å². The van der Waals surface area contributed by atoms with E-state index >= 15 is 0 Å². The van der Waals surface area contributed by atoms with Gasteiger partial charge in [-0.2, -0.15) is 0 Å². The molecule has 4 nitrogen and oxygen atoms in total. The number of carboxylic acids is 1. The molecule has 0 heterocycles. The van der Waals surface area contributed by atoms with E-state index < -0.39 is 17.8 Å². The fourth-order valence-corrected chi connectivity index (χ4v) is 1.80.